The maximum Gasteiger partial charge on any atom is 0.262 e. The van der Waals surface area contributed by atoms with Crippen LogP contribution in [0.5, 0.6) is 5.75 Å². The van der Waals surface area contributed by atoms with E-state index in [1.807, 2.05) is 0 Å². The predicted molar refractivity (Wildman–Crippen MR) is 90.1 cm³/mol. The normalized spacial score (nSPS) is 10.1. The molecule has 0 spiro atoms. The van der Waals surface area contributed by atoms with Gasteiger partial charge in [-0.15, -0.1) is 0 Å². The Hall–Kier alpha value is -1.56. The van der Waals surface area contributed by atoms with E-state index in [2.05, 4.69) is 21.2 Å². The fourth-order valence-electron chi connectivity index (χ4n) is 1.66. The van der Waals surface area contributed by atoms with Gasteiger partial charge in [0.1, 0.15) is 5.75 Å². The van der Waals surface area contributed by atoms with Crippen LogP contribution in [0, 0.1) is 0 Å². The average molecular weight is 403 g/mol. The molecule has 0 aliphatic carbocycles. The van der Waals surface area contributed by atoms with Crippen molar-refractivity contribution in [3.8, 4) is 5.75 Å². The molecule has 0 saturated heterocycles. The number of benzene rings is 2. The minimum absolute atomic E-state index is 0.233. The maximum atomic E-state index is 11.8. The number of hydrogen-bond acceptors (Lipinski definition) is 3. The Morgan fingerprint density at radius 3 is 2.64 bits per heavy atom. The molecule has 1 amide bonds. The molecule has 1 N–H and O–H groups in total. The van der Waals surface area contributed by atoms with Gasteiger partial charge in [0.25, 0.3) is 5.91 Å². The summed E-state index contributed by atoms with van der Waals surface area (Å²) in [6, 6.07) is 9.69. The van der Waals surface area contributed by atoms with E-state index in [1.165, 1.54) is 6.07 Å². The molecule has 0 unspecified atom stereocenters. The third-order valence-corrected chi connectivity index (χ3v) is 3.89. The van der Waals surface area contributed by atoms with Crippen LogP contribution in [0.15, 0.2) is 40.9 Å². The van der Waals surface area contributed by atoms with Crippen LogP contribution < -0.4 is 10.1 Å². The van der Waals surface area contributed by atoms with E-state index < -0.39 is 0 Å². The number of carbonyl (C=O) groups excluding carboxylic acids is 2. The van der Waals surface area contributed by atoms with E-state index in [-0.39, 0.29) is 12.5 Å². The summed E-state index contributed by atoms with van der Waals surface area (Å²) in [4.78, 5) is 22.8. The van der Waals surface area contributed by atoms with Crippen molar-refractivity contribution in [1.82, 2.24) is 0 Å². The molecule has 0 fully saturated rings. The quantitative estimate of drug-likeness (QED) is 0.744. The van der Waals surface area contributed by atoms with E-state index in [9.17, 15) is 9.59 Å². The van der Waals surface area contributed by atoms with E-state index in [4.69, 9.17) is 27.9 Å². The molecule has 114 valence electrons. The van der Waals surface area contributed by atoms with Crippen molar-refractivity contribution < 1.29 is 14.3 Å². The monoisotopic (exact) mass is 401 g/mol. The van der Waals surface area contributed by atoms with Crippen LogP contribution in [0.4, 0.5) is 5.69 Å². The molecule has 0 heterocycles. The molecule has 0 atom stereocenters. The number of amides is 1. The van der Waals surface area contributed by atoms with Crippen molar-refractivity contribution in [3.05, 3.63) is 56.5 Å². The molecule has 0 aliphatic heterocycles. The molecular weight excluding hydrogens is 393 g/mol. The highest BCUT2D eigenvalue weighted by Gasteiger charge is 2.08. The van der Waals surface area contributed by atoms with E-state index in [1.54, 1.807) is 30.3 Å². The molecule has 0 bridgehead atoms. The Morgan fingerprint density at radius 1 is 1.18 bits per heavy atom. The summed E-state index contributed by atoms with van der Waals surface area (Å²) in [7, 11) is 0. The molecule has 2 aromatic rings. The van der Waals surface area contributed by atoms with Crippen molar-refractivity contribution in [2.24, 2.45) is 0 Å². The van der Waals surface area contributed by atoms with Gasteiger partial charge in [0.15, 0.2) is 12.9 Å². The molecule has 0 radical (unpaired) electrons. The van der Waals surface area contributed by atoms with E-state index in [0.717, 1.165) is 4.47 Å². The van der Waals surface area contributed by atoms with Crippen molar-refractivity contribution >= 4 is 57.0 Å². The lowest BCUT2D eigenvalue weighted by Crippen LogP contribution is -2.20. The number of anilines is 1. The van der Waals surface area contributed by atoms with Crippen LogP contribution in [0.25, 0.3) is 0 Å². The molecule has 7 heteroatoms. The lowest BCUT2D eigenvalue weighted by molar-refractivity contribution is -0.118. The van der Waals surface area contributed by atoms with Crippen LogP contribution >= 0.6 is 39.1 Å². The zero-order valence-electron chi connectivity index (χ0n) is 11.1. The zero-order chi connectivity index (χ0) is 16.1. The molecular formula is C15H10BrCl2NO3. The third-order valence-electron chi connectivity index (χ3n) is 2.66. The highest BCUT2D eigenvalue weighted by atomic mass is 79.9. The summed E-state index contributed by atoms with van der Waals surface area (Å²) in [6.07, 6.45) is 0.664. The topological polar surface area (TPSA) is 55.4 Å². The van der Waals surface area contributed by atoms with Gasteiger partial charge in [-0.3, -0.25) is 9.59 Å². The average Bonchev–Trinajstić information content (AvgIpc) is 2.49. The van der Waals surface area contributed by atoms with Gasteiger partial charge in [0.2, 0.25) is 0 Å². The van der Waals surface area contributed by atoms with Gasteiger partial charge in [0.05, 0.1) is 15.6 Å². The molecule has 0 aromatic heterocycles. The summed E-state index contributed by atoms with van der Waals surface area (Å²) in [5, 5.41) is 3.37. The number of rotatable bonds is 5. The second-order valence-corrected chi connectivity index (χ2v) is 6.00. The van der Waals surface area contributed by atoms with Gasteiger partial charge in [-0.05, 0) is 36.4 Å². The fraction of sp³-hybridized carbons (Fsp3) is 0.0667. The smallest absolute Gasteiger partial charge is 0.262 e. The standard InChI is InChI=1S/C15H10BrCl2NO3/c16-10-1-4-14(9(5-10)7-20)22-8-15(21)19-11-2-3-12(17)13(18)6-11/h1-7H,8H2,(H,19,21). The van der Waals surface area contributed by atoms with Crippen LogP contribution in [0.3, 0.4) is 0 Å². The second kappa shape index (κ2) is 7.63. The zero-order valence-corrected chi connectivity index (χ0v) is 14.2. The van der Waals surface area contributed by atoms with Gasteiger partial charge in [-0.25, -0.2) is 0 Å². The Balaban J connectivity index is 1.98. The molecule has 4 nitrogen and oxygen atoms in total. The molecule has 2 rings (SSSR count). The first-order valence-corrected chi connectivity index (χ1v) is 7.67. The van der Waals surface area contributed by atoms with Gasteiger partial charge in [-0.2, -0.15) is 0 Å². The summed E-state index contributed by atoms with van der Waals surface area (Å²) in [5.41, 5.74) is 0.867. The van der Waals surface area contributed by atoms with Gasteiger partial charge in [0, 0.05) is 10.2 Å². The highest BCUT2D eigenvalue weighted by Crippen LogP contribution is 2.25. The fourth-order valence-corrected chi connectivity index (χ4v) is 2.33. The minimum Gasteiger partial charge on any atom is -0.483 e. The highest BCUT2D eigenvalue weighted by molar-refractivity contribution is 9.10. The van der Waals surface area contributed by atoms with Crippen LogP contribution in [-0.4, -0.2) is 18.8 Å². The SMILES string of the molecule is O=Cc1cc(Br)ccc1OCC(=O)Nc1ccc(Cl)c(Cl)c1. The number of hydrogen-bond donors (Lipinski definition) is 1. The Kier molecular flexibility index (Phi) is 5.83. The summed E-state index contributed by atoms with van der Waals surface area (Å²) >= 11 is 14.9. The first-order chi connectivity index (χ1) is 10.5. The largest absolute Gasteiger partial charge is 0.483 e. The third kappa shape index (κ3) is 4.47. The first kappa shape index (κ1) is 16.8. The maximum absolute atomic E-state index is 11.8. The molecule has 0 saturated carbocycles. The Bertz CT molecular complexity index is 722. The van der Waals surface area contributed by atoms with Crippen molar-refractivity contribution in [2.45, 2.75) is 0 Å². The van der Waals surface area contributed by atoms with Crippen molar-refractivity contribution in [2.75, 3.05) is 11.9 Å². The predicted octanol–water partition coefficient (Wildman–Crippen LogP) is 4.59. The second-order valence-electron chi connectivity index (χ2n) is 4.27. The lowest BCUT2D eigenvalue weighted by atomic mass is 10.2. The van der Waals surface area contributed by atoms with Crippen LogP contribution in [-0.2, 0) is 4.79 Å². The molecule has 0 aliphatic rings. The molecule has 22 heavy (non-hydrogen) atoms. The number of aldehydes is 1. The van der Waals surface area contributed by atoms with Crippen LogP contribution in [0.2, 0.25) is 10.0 Å². The summed E-state index contributed by atoms with van der Waals surface area (Å²) in [6.45, 7) is -0.233. The molecule has 2 aromatic carbocycles. The lowest BCUT2D eigenvalue weighted by Gasteiger charge is -2.10. The number of nitrogens with one attached hydrogen (secondary N) is 1. The number of ether oxygens (including phenoxy) is 1. The van der Waals surface area contributed by atoms with Crippen molar-refractivity contribution in [1.29, 1.82) is 0 Å². The summed E-state index contributed by atoms with van der Waals surface area (Å²) in [5.74, 6) is -0.0411. The van der Waals surface area contributed by atoms with Gasteiger partial charge >= 0.3 is 0 Å². The minimum atomic E-state index is -0.377. The van der Waals surface area contributed by atoms with Crippen molar-refractivity contribution in [3.63, 3.8) is 0 Å². The van der Waals surface area contributed by atoms with E-state index in [0.29, 0.717) is 33.3 Å². The van der Waals surface area contributed by atoms with Gasteiger partial charge < -0.3 is 10.1 Å². The number of carbonyl (C=O) groups is 2. The Labute approximate surface area is 145 Å². The first-order valence-electron chi connectivity index (χ1n) is 6.12. The van der Waals surface area contributed by atoms with Gasteiger partial charge in [-0.1, -0.05) is 39.1 Å². The van der Waals surface area contributed by atoms with Crippen LogP contribution in [0.1, 0.15) is 10.4 Å². The Morgan fingerprint density at radius 2 is 1.95 bits per heavy atom. The number of halogens is 3. The van der Waals surface area contributed by atoms with E-state index >= 15 is 0 Å². The summed E-state index contributed by atoms with van der Waals surface area (Å²) < 4.78 is 6.10.